The summed E-state index contributed by atoms with van der Waals surface area (Å²) in [5.74, 6) is 0.428. The van der Waals surface area contributed by atoms with Gasteiger partial charge < -0.3 is 0 Å². The maximum Gasteiger partial charge on any atom is 0.136 e. The van der Waals surface area contributed by atoms with Gasteiger partial charge in [-0.05, 0) is 6.92 Å². The van der Waals surface area contributed by atoms with E-state index in [1.54, 1.807) is 0 Å². The molecule has 0 aromatic rings. The lowest BCUT2D eigenvalue weighted by Crippen LogP contribution is -2.38. The predicted octanol–water partition coefficient (Wildman–Crippen LogP) is 0.980. The molecule has 2 rings (SSSR count). The quantitative estimate of drug-likeness (QED) is 0.481. The molecule has 0 aromatic heterocycles. The van der Waals surface area contributed by atoms with Gasteiger partial charge in [0, 0.05) is 32.0 Å². The second kappa shape index (κ2) is 2.45. The third-order valence-corrected chi connectivity index (χ3v) is 2.51. The molecule has 1 unspecified atom stereocenters. The van der Waals surface area contributed by atoms with Crippen LogP contribution in [0.25, 0.3) is 0 Å². The third-order valence-electron chi connectivity index (χ3n) is 2.51. The molecule has 2 aliphatic heterocycles. The number of nitrogens with zero attached hydrogens (tertiary/aromatic N) is 1. The highest BCUT2D eigenvalue weighted by Gasteiger charge is 2.28. The summed E-state index contributed by atoms with van der Waals surface area (Å²) in [6, 6.07) is 0.441. The van der Waals surface area contributed by atoms with E-state index < -0.39 is 0 Å². The zero-order valence-electron chi connectivity index (χ0n) is 6.84. The van der Waals surface area contributed by atoms with Crippen molar-refractivity contribution in [3.8, 4) is 0 Å². The van der Waals surface area contributed by atoms with E-state index in [-0.39, 0.29) is 0 Å². The Morgan fingerprint density at radius 1 is 1.64 bits per heavy atom. The van der Waals surface area contributed by atoms with Gasteiger partial charge in [-0.3, -0.25) is 9.69 Å². The molecule has 2 heterocycles. The largest absolute Gasteiger partial charge is 0.300 e. The van der Waals surface area contributed by atoms with Crippen molar-refractivity contribution in [3.63, 3.8) is 0 Å². The average Bonchev–Trinajstić information content (AvgIpc) is 2.27. The van der Waals surface area contributed by atoms with Crippen LogP contribution in [-0.4, -0.2) is 29.8 Å². The number of piperidine rings is 1. The van der Waals surface area contributed by atoms with Crippen LogP contribution < -0.4 is 0 Å². The smallest absolute Gasteiger partial charge is 0.136 e. The highest BCUT2D eigenvalue weighted by atomic mass is 16.1. The summed E-state index contributed by atoms with van der Waals surface area (Å²) in [5, 5.41) is 0. The lowest BCUT2D eigenvalue weighted by atomic mass is 10.0. The number of rotatable bonds is 0. The van der Waals surface area contributed by atoms with Gasteiger partial charge in [0.2, 0.25) is 0 Å². The van der Waals surface area contributed by atoms with Gasteiger partial charge >= 0.3 is 0 Å². The average molecular weight is 151 g/mol. The highest BCUT2D eigenvalue weighted by Crippen LogP contribution is 2.23. The van der Waals surface area contributed by atoms with Gasteiger partial charge in [0.15, 0.2) is 0 Å². The van der Waals surface area contributed by atoms with E-state index in [2.05, 4.69) is 17.9 Å². The van der Waals surface area contributed by atoms with Crippen LogP contribution in [0.5, 0.6) is 0 Å². The van der Waals surface area contributed by atoms with Crippen molar-refractivity contribution in [2.45, 2.75) is 25.8 Å². The summed E-state index contributed by atoms with van der Waals surface area (Å²) in [5.41, 5.74) is 1.42. The zero-order chi connectivity index (χ0) is 7.84. The number of ketones is 1. The lowest BCUT2D eigenvalue weighted by Gasteiger charge is -2.27. The van der Waals surface area contributed by atoms with E-state index in [4.69, 9.17) is 0 Å². The van der Waals surface area contributed by atoms with Crippen LogP contribution in [0.1, 0.15) is 19.8 Å². The van der Waals surface area contributed by atoms with Crippen molar-refractivity contribution < 1.29 is 4.79 Å². The second-order valence-corrected chi connectivity index (χ2v) is 3.54. The summed E-state index contributed by atoms with van der Waals surface area (Å²) < 4.78 is 0. The normalized spacial score (nSPS) is 31.9. The minimum Gasteiger partial charge on any atom is -0.300 e. The fraction of sp³-hybridized carbons (Fsp3) is 0.667. The maximum absolute atomic E-state index is 11.1. The van der Waals surface area contributed by atoms with Crippen molar-refractivity contribution in [3.05, 3.63) is 11.6 Å². The van der Waals surface area contributed by atoms with Crippen molar-refractivity contribution >= 4 is 5.78 Å². The Balaban J connectivity index is 2.10. The summed E-state index contributed by atoms with van der Waals surface area (Å²) in [7, 11) is 0. The highest BCUT2D eigenvalue weighted by molar-refractivity contribution is 5.80. The Labute approximate surface area is 66.9 Å². The number of carbonyl (C=O) groups is 1. The van der Waals surface area contributed by atoms with Gasteiger partial charge in [-0.15, -0.1) is 0 Å². The van der Waals surface area contributed by atoms with E-state index in [1.807, 2.05) is 0 Å². The van der Waals surface area contributed by atoms with Crippen LogP contribution in [0.3, 0.4) is 0 Å². The van der Waals surface area contributed by atoms with Crippen LogP contribution in [0.15, 0.2) is 11.6 Å². The number of Topliss-reactive ketones (excluding diaryl/α,β-unsaturated/α-hetero) is 1. The minimum absolute atomic E-state index is 0.428. The second-order valence-electron chi connectivity index (χ2n) is 3.54. The Morgan fingerprint density at radius 3 is 3.27 bits per heavy atom. The summed E-state index contributed by atoms with van der Waals surface area (Å²) in [6.45, 7) is 4.19. The zero-order valence-corrected chi connectivity index (χ0v) is 6.84. The Morgan fingerprint density at radius 2 is 2.45 bits per heavy atom. The molecule has 0 amide bonds. The van der Waals surface area contributed by atoms with Gasteiger partial charge in [0.1, 0.15) is 5.78 Å². The Kier molecular flexibility index (Phi) is 1.57. The molecule has 0 bridgehead atoms. The van der Waals surface area contributed by atoms with Crippen LogP contribution >= 0.6 is 0 Å². The Hall–Kier alpha value is -0.630. The van der Waals surface area contributed by atoms with Crippen LogP contribution in [-0.2, 0) is 4.79 Å². The van der Waals surface area contributed by atoms with Gasteiger partial charge in [-0.2, -0.15) is 0 Å². The first-order chi connectivity index (χ1) is 5.25. The maximum atomic E-state index is 11.1. The van der Waals surface area contributed by atoms with Gasteiger partial charge in [0.05, 0.1) is 0 Å². The monoisotopic (exact) mass is 151 g/mol. The van der Waals surface area contributed by atoms with Gasteiger partial charge in [-0.1, -0.05) is 11.6 Å². The molecular weight excluding hydrogens is 138 g/mol. The number of hydrogen-bond donors (Lipinski definition) is 0. The fourth-order valence-electron chi connectivity index (χ4n) is 1.96. The molecule has 2 nitrogen and oxygen atoms in total. The SMILES string of the molecule is CC1=CC2CC(=O)CCN2C1. The number of hydrogen-bond acceptors (Lipinski definition) is 2. The molecule has 0 aromatic carbocycles. The molecule has 60 valence electrons. The molecule has 0 radical (unpaired) electrons. The van der Waals surface area contributed by atoms with Crippen LogP contribution in [0, 0.1) is 0 Å². The topological polar surface area (TPSA) is 20.3 Å². The van der Waals surface area contributed by atoms with Crippen molar-refractivity contribution in [2.75, 3.05) is 13.1 Å². The third kappa shape index (κ3) is 1.23. The van der Waals surface area contributed by atoms with Crippen molar-refractivity contribution in [2.24, 2.45) is 0 Å². The molecule has 0 spiro atoms. The predicted molar refractivity (Wildman–Crippen MR) is 43.4 cm³/mol. The van der Waals surface area contributed by atoms with Crippen molar-refractivity contribution in [1.82, 2.24) is 4.90 Å². The molecular formula is C9H13NO. The number of carbonyl (C=O) groups excluding carboxylic acids is 1. The first-order valence-corrected chi connectivity index (χ1v) is 4.19. The first kappa shape index (κ1) is 7.04. The first-order valence-electron chi connectivity index (χ1n) is 4.19. The molecule has 0 N–H and O–H groups in total. The van der Waals surface area contributed by atoms with E-state index in [0.717, 1.165) is 25.9 Å². The molecule has 0 saturated carbocycles. The van der Waals surface area contributed by atoms with E-state index in [9.17, 15) is 4.79 Å². The van der Waals surface area contributed by atoms with Gasteiger partial charge in [0.25, 0.3) is 0 Å². The molecule has 2 aliphatic rings. The van der Waals surface area contributed by atoms with Gasteiger partial charge in [-0.25, -0.2) is 0 Å². The number of fused-ring (bicyclic) bond motifs is 1. The van der Waals surface area contributed by atoms with E-state index >= 15 is 0 Å². The molecule has 1 saturated heterocycles. The Bertz CT molecular complexity index is 220. The standard InChI is InChI=1S/C9H13NO/c1-7-4-8-5-9(11)2-3-10(8)6-7/h4,8H,2-3,5-6H2,1H3. The minimum atomic E-state index is 0.428. The summed E-state index contributed by atoms with van der Waals surface area (Å²) in [6.07, 6.45) is 3.74. The molecule has 0 aliphatic carbocycles. The van der Waals surface area contributed by atoms with E-state index in [0.29, 0.717) is 11.8 Å². The summed E-state index contributed by atoms with van der Waals surface area (Å²) >= 11 is 0. The van der Waals surface area contributed by atoms with E-state index in [1.165, 1.54) is 5.57 Å². The van der Waals surface area contributed by atoms with Crippen LogP contribution in [0.4, 0.5) is 0 Å². The molecule has 11 heavy (non-hydrogen) atoms. The molecule has 1 atom stereocenters. The molecule has 2 heteroatoms. The molecule has 1 fully saturated rings. The lowest BCUT2D eigenvalue weighted by molar-refractivity contribution is -0.122. The van der Waals surface area contributed by atoms with Crippen molar-refractivity contribution in [1.29, 1.82) is 0 Å². The summed E-state index contributed by atoms with van der Waals surface area (Å²) in [4.78, 5) is 13.4. The fourth-order valence-corrected chi connectivity index (χ4v) is 1.96. The van der Waals surface area contributed by atoms with Crippen LogP contribution in [0.2, 0.25) is 0 Å².